The van der Waals surface area contributed by atoms with Crippen molar-refractivity contribution in [1.29, 1.82) is 0 Å². The maximum Gasteiger partial charge on any atom is 0.422 e. The van der Waals surface area contributed by atoms with Crippen LogP contribution in [-0.4, -0.2) is 33.1 Å². The third-order valence-corrected chi connectivity index (χ3v) is 5.60. The second-order valence-corrected chi connectivity index (χ2v) is 8.37. The van der Waals surface area contributed by atoms with Crippen LogP contribution in [0.25, 0.3) is 0 Å². The summed E-state index contributed by atoms with van der Waals surface area (Å²) in [4.78, 5) is 12.4. The van der Waals surface area contributed by atoms with E-state index in [-0.39, 0.29) is 28.8 Å². The molecule has 1 saturated carbocycles. The quantitative estimate of drug-likeness (QED) is 0.677. The smallest absolute Gasteiger partial charge is 0.422 e. The molecule has 0 bridgehead atoms. The average Bonchev–Trinajstić information content (AvgIpc) is 3.48. The number of carbonyl (C=O) groups excluding carboxylic acids is 1. The Bertz CT molecular complexity index is 972. The number of carbonyl (C=O) groups is 1. The largest absolute Gasteiger partial charge is 0.484 e. The molecule has 2 aromatic rings. The minimum Gasteiger partial charge on any atom is -0.484 e. The molecule has 156 valence electrons. The fraction of sp³-hybridized carbons (Fsp3) is 0.316. The van der Waals surface area contributed by atoms with Crippen molar-refractivity contribution in [3.05, 3.63) is 59.7 Å². The second-order valence-electron chi connectivity index (χ2n) is 6.65. The summed E-state index contributed by atoms with van der Waals surface area (Å²) >= 11 is 0. The Morgan fingerprint density at radius 3 is 2.41 bits per heavy atom. The number of sulfonamides is 1. The van der Waals surface area contributed by atoms with E-state index in [9.17, 15) is 26.4 Å². The van der Waals surface area contributed by atoms with Gasteiger partial charge in [0.1, 0.15) is 5.75 Å². The van der Waals surface area contributed by atoms with Gasteiger partial charge in [0.2, 0.25) is 10.0 Å². The Kier molecular flexibility index (Phi) is 6.13. The van der Waals surface area contributed by atoms with Crippen LogP contribution in [0.1, 0.15) is 28.8 Å². The van der Waals surface area contributed by atoms with Crippen molar-refractivity contribution in [2.45, 2.75) is 36.5 Å². The molecule has 0 unspecified atom stereocenters. The van der Waals surface area contributed by atoms with Crippen molar-refractivity contribution in [2.75, 3.05) is 6.61 Å². The third-order valence-electron chi connectivity index (χ3n) is 4.08. The zero-order valence-electron chi connectivity index (χ0n) is 15.2. The van der Waals surface area contributed by atoms with Crippen LogP contribution in [0.15, 0.2) is 53.4 Å². The van der Waals surface area contributed by atoms with Gasteiger partial charge in [-0.05, 0) is 48.7 Å². The van der Waals surface area contributed by atoms with Gasteiger partial charge in [0.05, 0.1) is 4.90 Å². The number of rotatable bonds is 8. The van der Waals surface area contributed by atoms with E-state index in [4.69, 9.17) is 0 Å². The zero-order valence-corrected chi connectivity index (χ0v) is 16.0. The lowest BCUT2D eigenvalue weighted by molar-refractivity contribution is -0.153. The molecule has 0 aromatic heterocycles. The zero-order chi connectivity index (χ0) is 21.1. The summed E-state index contributed by atoms with van der Waals surface area (Å²) in [6, 6.07) is 11.5. The molecule has 0 aliphatic heterocycles. The SMILES string of the molecule is O=C(NCc1ccc(OCC(F)(F)F)cc1)c1cccc(S(=O)(=O)NC2CC2)c1. The van der Waals surface area contributed by atoms with Crippen molar-refractivity contribution >= 4 is 15.9 Å². The van der Waals surface area contributed by atoms with Crippen molar-refractivity contribution in [3.8, 4) is 5.75 Å². The molecule has 10 heteroatoms. The first-order valence-electron chi connectivity index (χ1n) is 8.81. The molecule has 1 aliphatic rings. The second kappa shape index (κ2) is 8.42. The van der Waals surface area contributed by atoms with Crippen molar-refractivity contribution in [2.24, 2.45) is 0 Å². The molecular weight excluding hydrogens is 409 g/mol. The number of ether oxygens (including phenoxy) is 1. The molecule has 0 radical (unpaired) electrons. The van der Waals surface area contributed by atoms with Gasteiger partial charge in [-0.15, -0.1) is 0 Å². The van der Waals surface area contributed by atoms with Gasteiger partial charge in [0.15, 0.2) is 6.61 Å². The molecule has 0 saturated heterocycles. The van der Waals surface area contributed by atoms with Crippen molar-refractivity contribution < 1.29 is 31.1 Å². The molecule has 1 fully saturated rings. The fourth-order valence-electron chi connectivity index (χ4n) is 2.45. The van der Waals surface area contributed by atoms with Gasteiger partial charge in [-0.1, -0.05) is 18.2 Å². The number of amides is 1. The number of nitrogens with one attached hydrogen (secondary N) is 2. The number of benzene rings is 2. The third kappa shape index (κ3) is 6.47. The Balaban J connectivity index is 1.57. The molecule has 2 N–H and O–H groups in total. The van der Waals surface area contributed by atoms with E-state index in [0.717, 1.165) is 12.8 Å². The van der Waals surface area contributed by atoms with Crippen LogP contribution in [0.2, 0.25) is 0 Å². The first-order chi connectivity index (χ1) is 13.6. The maximum atomic E-state index is 12.3. The van der Waals surface area contributed by atoms with Gasteiger partial charge in [-0.25, -0.2) is 13.1 Å². The van der Waals surface area contributed by atoms with Gasteiger partial charge < -0.3 is 10.1 Å². The normalized spacial score (nSPS) is 14.4. The highest BCUT2D eigenvalue weighted by Gasteiger charge is 2.29. The van der Waals surface area contributed by atoms with Crippen LogP contribution in [-0.2, 0) is 16.6 Å². The maximum absolute atomic E-state index is 12.3. The highest BCUT2D eigenvalue weighted by atomic mass is 32.2. The summed E-state index contributed by atoms with van der Waals surface area (Å²) in [5, 5.41) is 2.65. The summed E-state index contributed by atoms with van der Waals surface area (Å²) in [6.45, 7) is -1.26. The fourth-order valence-corrected chi connectivity index (χ4v) is 3.80. The molecule has 1 amide bonds. The minimum atomic E-state index is -4.41. The van der Waals surface area contributed by atoms with Crippen LogP contribution in [0, 0.1) is 0 Å². The predicted octanol–water partition coefficient (Wildman–Crippen LogP) is 3.00. The van der Waals surface area contributed by atoms with Gasteiger partial charge >= 0.3 is 6.18 Å². The van der Waals surface area contributed by atoms with Crippen LogP contribution in [0.4, 0.5) is 13.2 Å². The topological polar surface area (TPSA) is 84.5 Å². The van der Waals surface area contributed by atoms with Crippen molar-refractivity contribution in [1.82, 2.24) is 10.0 Å². The summed E-state index contributed by atoms with van der Waals surface area (Å²) < 4.78 is 68.1. The number of halogens is 3. The van der Waals surface area contributed by atoms with E-state index in [2.05, 4.69) is 14.8 Å². The lowest BCUT2D eigenvalue weighted by Crippen LogP contribution is -2.27. The highest BCUT2D eigenvalue weighted by Crippen LogP contribution is 2.22. The molecule has 0 heterocycles. The Hall–Kier alpha value is -2.59. The minimum absolute atomic E-state index is 0.0169. The van der Waals surface area contributed by atoms with Crippen LogP contribution < -0.4 is 14.8 Å². The molecule has 2 aromatic carbocycles. The number of hydrogen-bond donors (Lipinski definition) is 2. The first-order valence-corrected chi connectivity index (χ1v) is 10.3. The molecule has 3 rings (SSSR count). The van der Waals surface area contributed by atoms with Gasteiger partial charge in [0.25, 0.3) is 5.91 Å². The van der Waals surface area contributed by atoms with E-state index in [1.165, 1.54) is 48.5 Å². The molecule has 0 spiro atoms. The molecule has 0 atom stereocenters. The van der Waals surface area contributed by atoms with Gasteiger partial charge in [-0.2, -0.15) is 13.2 Å². The number of hydrogen-bond acceptors (Lipinski definition) is 4. The Morgan fingerprint density at radius 2 is 1.79 bits per heavy atom. The standard InChI is InChI=1S/C19H19F3N2O4S/c20-19(21,22)12-28-16-8-4-13(5-9-16)11-23-18(25)14-2-1-3-17(10-14)29(26,27)24-15-6-7-15/h1-5,8-10,15,24H,6-7,11-12H2,(H,23,25). The van der Waals surface area contributed by atoms with Crippen LogP contribution in [0.5, 0.6) is 5.75 Å². The lowest BCUT2D eigenvalue weighted by Gasteiger charge is -2.10. The predicted molar refractivity (Wildman–Crippen MR) is 98.9 cm³/mol. The Morgan fingerprint density at radius 1 is 1.10 bits per heavy atom. The molecular formula is C19H19F3N2O4S. The number of alkyl halides is 3. The monoisotopic (exact) mass is 428 g/mol. The van der Waals surface area contributed by atoms with Crippen LogP contribution in [0.3, 0.4) is 0 Å². The summed E-state index contributed by atoms with van der Waals surface area (Å²) in [7, 11) is -3.66. The van der Waals surface area contributed by atoms with Crippen molar-refractivity contribution in [3.63, 3.8) is 0 Å². The molecule has 6 nitrogen and oxygen atoms in total. The Labute approximate surface area is 166 Å². The summed E-state index contributed by atoms with van der Waals surface area (Å²) in [5.74, 6) is -0.399. The van der Waals surface area contributed by atoms with Gasteiger partial charge in [-0.3, -0.25) is 4.79 Å². The summed E-state index contributed by atoms with van der Waals surface area (Å²) in [5.41, 5.74) is 0.839. The molecule has 1 aliphatic carbocycles. The van der Waals surface area contributed by atoms with E-state index in [1.54, 1.807) is 0 Å². The van der Waals surface area contributed by atoms with Gasteiger partial charge in [0, 0.05) is 18.2 Å². The van der Waals surface area contributed by atoms with E-state index < -0.39 is 28.7 Å². The lowest BCUT2D eigenvalue weighted by atomic mass is 10.2. The highest BCUT2D eigenvalue weighted by molar-refractivity contribution is 7.89. The molecule has 29 heavy (non-hydrogen) atoms. The summed E-state index contributed by atoms with van der Waals surface area (Å²) in [6.07, 6.45) is -2.80. The van der Waals surface area contributed by atoms with E-state index in [1.807, 2.05) is 0 Å². The average molecular weight is 428 g/mol. The van der Waals surface area contributed by atoms with E-state index >= 15 is 0 Å². The first kappa shape index (κ1) is 21.1. The van der Waals surface area contributed by atoms with Crippen LogP contribution >= 0.6 is 0 Å². The van der Waals surface area contributed by atoms with E-state index in [0.29, 0.717) is 5.56 Å².